The van der Waals surface area contributed by atoms with E-state index >= 15 is 0 Å². The molecule has 2 aromatic carbocycles. The first-order valence-corrected chi connectivity index (χ1v) is 9.78. The summed E-state index contributed by atoms with van der Waals surface area (Å²) < 4.78 is 1.98. The summed E-state index contributed by atoms with van der Waals surface area (Å²) in [7, 11) is 0. The molecule has 0 saturated carbocycles. The van der Waals surface area contributed by atoms with Crippen LogP contribution in [0.1, 0.15) is 25.0 Å². The maximum Gasteiger partial charge on any atom is 0.180 e. The minimum Gasteiger partial charge on any atom is -0.386 e. The molecule has 1 aliphatic rings. The van der Waals surface area contributed by atoms with Crippen LogP contribution in [0.5, 0.6) is 0 Å². The second-order valence-corrected chi connectivity index (χ2v) is 7.94. The third-order valence-corrected chi connectivity index (χ3v) is 5.34. The van der Waals surface area contributed by atoms with Gasteiger partial charge in [-0.25, -0.2) is 9.97 Å². The molecule has 1 aliphatic heterocycles. The monoisotopic (exact) mass is 385 g/mol. The first-order chi connectivity index (χ1) is 14.0. The van der Waals surface area contributed by atoms with E-state index in [9.17, 15) is 5.11 Å². The molecule has 29 heavy (non-hydrogen) atoms. The Bertz CT molecular complexity index is 1190. The summed E-state index contributed by atoms with van der Waals surface area (Å²) in [6.45, 7) is 4.54. The SMILES string of the molecule is CC(C)(O)c1ccc(Nc2nc(-c3ccc4c(c3)NCC4)cn3ccnc23)cc1. The van der Waals surface area contributed by atoms with Crippen LogP contribution in [0.2, 0.25) is 0 Å². The number of imidazole rings is 1. The van der Waals surface area contributed by atoms with Crippen LogP contribution in [0.3, 0.4) is 0 Å². The van der Waals surface area contributed by atoms with Gasteiger partial charge in [0.1, 0.15) is 0 Å². The van der Waals surface area contributed by atoms with Crippen LogP contribution in [0, 0.1) is 0 Å². The maximum absolute atomic E-state index is 10.2. The van der Waals surface area contributed by atoms with Gasteiger partial charge >= 0.3 is 0 Å². The Kier molecular flexibility index (Phi) is 4.03. The molecule has 0 fully saturated rings. The first kappa shape index (κ1) is 17.7. The fourth-order valence-electron chi connectivity index (χ4n) is 3.70. The van der Waals surface area contributed by atoms with Gasteiger partial charge < -0.3 is 20.1 Å². The summed E-state index contributed by atoms with van der Waals surface area (Å²) in [6, 6.07) is 14.2. The van der Waals surface area contributed by atoms with Crippen LogP contribution in [-0.4, -0.2) is 26.0 Å². The van der Waals surface area contributed by atoms with Crippen LogP contribution in [0.25, 0.3) is 16.9 Å². The third-order valence-electron chi connectivity index (χ3n) is 5.34. The van der Waals surface area contributed by atoms with E-state index in [1.54, 1.807) is 20.0 Å². The van der Waals surface area contributed by atoms with E-state index < -0.39 is 5.60 Å². The van der Waals surface area contributed by atoms with Crippen molar-refractivity contribution in [2.45, 2.75) is 25.9 Å². The highest BCUT2D eigenvalue weighted by Crippen LogP contribution is 2.30. The summed E-state index contributed by atoms with van der Waals surface area (Å²) >= 11 is 0. The van der Waals surface area contributed by atoms with Gasteiger partial charge in [0.2, 0.25) is 0 Å². The lowest BCUT2D eigenvalue weighted by molar-refractivity contribution is 0.0786. The molecular formula is C23H23N5O. The van der Waals surface area contributed by atoms with Crippen molar-refractivity contribution < 1.29 is 5.11 Å². The zero-order chi connectivity index (χ0) is 20.0. The summed E-state index contributed by atoms with van der Waals surface area (Å²) in [6.07, 6.45) is 6.76. The van der Waals surface area contributed by atoms with Crippen LogP contribution >= 0.6 is 0 Å². The van der Waals surface area contributed by atoms with Crippen molar-refractivity contribution in [1.82, 2.24) is 14.4 Å². The molecule has 0 radical (unpaired) electrons. The van der Waals surface area contributed by atoms with E-state index in [0.29, 0.717) is 5.82 Å². The highest BCUT2D eigenvalue weighted by molar-refractivity contribution is 5.75. The van der Waals surface area contributed by atoms with Gasteiger partial charge in [-0.05, 0) is 49.6 Å². The molecular weight excluding hydrogens is 362 g/mol. The van der Waals surface area contributed by atoms with Gasteiger partial charge in [-0.15, -0.1) is 0 Å². The van der Waals surface area contributed by atoms with E-state index in [0.717, 1.165) is 41.1 Å². The summed E-state index contributed by atoms with van der Waals surface area (Å²) in [4.78, 5) is 9.31. The van der Waals surface area contributed by atoms with Crippen LogP contribution in [0.4, 0.5) is 17.2 Å². The number of aliphatic hydroxyl groups is 1. The van der Waals surface area contributed by atoms with Gasteiger partial charge in [-0.2, -0.15) is 0 Å². The average molecular weight is 385 g/mol. The molecule has 146 valence electrons. The molecule has 0 unspecified atom stereocenters. The number of nitrogens with one attached hydrogen (secondary N) is 2. The van der Waals surface area contributed by atoms with Gasteiger partial charge in [-0.3, -0.25) is 0 Å². The van der Waals surface area contributed by atoms with Crippen molar-refractivity contribution in [3.8, 4) is 11.3 Å². The van der Waals surface area contributed by atoms with E-state index in [2.05, 4.69) is 33.8 Å². The molecule has 0 bridgehead atoms. The number of hydrogen-bond acceptors (Lipinski definition) is 5. The predicted octanol–water partition coefficient (Wildman–Crippen LogP) is 4.34. The second kappa shape index (κ2) is 6.60. The summed E-state index contributed by atoms with van der Waals surface area (Å²) in [5.41, 5.74) is 6.13. The lowest BCUT2D eigenvalue weighted by Crippen LogP contribution is -2.15. The molecule has 3 heterocycles. The normalized spacial score (nSPS) is 13.3. The number of rotatable bonds is 4. The maximum atomic E-state index is 10.2. The van der Waals surface area contributed by atoms with E-state index in [1.807, 2.05) is 41.1 Å². The lowest BCUT2D eigenvalue weighted by Gasteiger charge is -2.18. The molecule has 3 N–H and O–H groups in total. The predicted molar refractivity (Wildman–Crippen MR) is 116 cm³/mol. The van der Waals surface area contributed by atoms with E-state index in [4.69, 9.17) is 4.98 Å². The molecule has 6 nitrogen and oxygen atoms in total. The number of nitrogens with zero attached hydrogens (tertiary/aromatic N) is 3. The number of hydrogen-bond donors (Lipinski definition) is 3. The smallest absolute Gasteiger partial charge is 0.180 e. The van der Waals surface area contributed by atoms with Crippen LogP contribution in [0.15, 0.2) is 61.1 Å². The average Bonchev–Trinajstić information content (AvgIpc) is 3.36. The molecule has 4 aromatic rings. The summed E-state index contributed by atoms with van der Waals surface area (Å²) in [5.74, 6) is 0.692. The lowest BCUT2D eigenvalue weighted by atomic mass is 9.98. The van der Waals surface area contributed by atoms with Gasteiger partial charge in [0, 0.05) is 42.1 Å². The Morgan fingerprint density at radius 1 is 1.14 bits per heavy atom. The number of aromatic nitrogens is 3. The minimum atomic E-state index is -0.866. The van der Waals surface area contributed by atoms with Gasteiger partial charge in [0.25, 0.3) is 0 Å². The first-order valence-electron chi connectivity index (χ1n) is 9.78. The number of benzene rings is 2. The zero-order valence-electron chi connectivity index (χ0n) is 16.5. The Hall–Kier alpha value is -3.38. The Morgan fingerprint density at radius 3 is 2.76 bits per heavy atom. The molecule has 0 spiro atoms. The molecule has 0 atom stereocenters. The molecule has 5 rings (SSSR count). The third kappa shape index (κ3) is 3.32. The standard InChI is InChI=1S/C23H23N5O/c1-23(2,29)17-5-7-18(8-6-17)26-21-22-25-11-12-28(22)14-20(27-21)16-4-3-15-9-10-24-19(15)13-16/h3-8,11-14,24,29H,9-10H2,1-2H3,(H,26,27). The molecule has 0 saturated heterocycles. The highest BCUT2D eigenvalue weighted by atomic mass is 16.3. The minimum absolute atomic E-state index is 0.692. The quantitative estimate of drug-likeness (QED) is 0.487. The zero-order valence-corrected chi connectivity index (χ0v) is 16.5. The van der Waals surface area contributed by atoms with E-state index in [-0.39, 0.29) is 0 Å². The van der Waals surface area contributed by atoms with Crippen LogP contribution in [-0.2, 0) is 12.0 Å². The molecule has 0 amide bonds. The Morgan fingerprint density at radius 2 is 1.97 bits per heavy atom. The largest absolute Gasteiger partial charge is 0.386 e. The topological polar surface area (TPSA) is 74.5 Å². The van der Waals surface area contributed by atoms with Crippen LogP contribution < -0.4 is 10.6 Å². The number of anilines is 3. The van der Waals surface area contributed by atoms with Crippen molar-refractivity contribution in [2.24, 2.45) is 0 Å². The van der Waals surface area contributed by atoms with Crippen molar-refractivity contribution in [2.75, 3.05) is 17.2 Å². The van der Waals surface area contributed by atoms with Gasteiger partial charge in [-0.1, -0.05) is 24.3 Å². The van der Waals surface area contributed by atoms with Gasteiger partial charge in [0.15, 0.2) is 11.5 Å². The van der Waals surface area contributed by atoms with Gasteiger partial charge in [0.05, 0.1) is 11.3 Å². The second-order valence-electron chi connectivity index (χ2n) is 7.94. The highest BCUT2D eigenvalue weighted by Gasteiger charge is 2.16. The van der Waals surface area contributed by atoms with Crippen molar-refractivity contribution in [1.29, 1.82) is 0 Å². The van der Waals surface area contributed by atoms with Crippen molar-refractivity contribution in [3.05, 3.63) is 72.2 Å². The molecule has 2 aromatic heterocycles. The molecule has 6 heteroatoms. The Labute approximate surface area is 169 Å². The molecule has 0 aliphatic carbocycles. The fraction of sp³-hybridized carbons (Fsp3) is 0.217. The van der Waals surface area contributed by atoms with Crippen molar-refractivity contribution in [3.63, 3.8) is 0 Å². The Balaban J connectivity index is 1.53. The fourth-order valence-corrected chi connectivity index (χ4v) is 3.70. The van der Waals surface area contributed by atoms with E-state index in [1.165, 1.54) is 11.3 Å². The summed E-state index contributed by atoms with van der Waals surface area (Å²) in [5, 5.41) is 17.0. The van der Waals surface area contributed by atoms with Crippen molar-refractivity contribution >= 4 is 22.8 Å². The number of fused-ring (bicyclic) bond motifs is 2.